The largest absolute Gasteiger partial charge is 0.396 e. The fourth-order valence-corrected chi connectivity index (χ4v) is 3.94. The minimum atomic E-state index is 0.193. The van der Waals surface area contributed by atoms with Crippen LogP contribution in [0.3, 0.4) is 0 Å². The third kappa shape index (κ3) is 4.02. The normalized spacial score (nSPS) is 19.6. The lowest BCUT2D eigenvalue weighted by Crippen LogP contribution is -2.34. The van der Waals surface area contributed by atoms with Crippen molar-refractivity contribution in [3.63, 3.8) is 0 Å². The van der Waals surface area contributed by atoms with Gasteiger partial charge in [0.15, 0.2) is 5.65 Å². The zero-order valence-corrected chi connectivity index (χ0v) is 16.9. The van der Waals surface area contributed by atoms with Gasteiger partial charge in [-0.15, -0.1) is 0 Å². The molecular formula is C18H23BrN8O. The van der Waals surface area contributed by atoms with Gasteiger partial charge in [-0.3, -0.25) is 0 Å². The van der Waals surface area contributed by atoms with Crippen molar-refractivity contribution in [3.05, 3.63) is 34.7 Å². The lowest BCUT2D eigenvalue weighted by molar-refractivity contribution is 0.178. The number of hydrogen-bond donors (Lipinski definition) is 4. The minimum Gasteiger partial charge on any atom is -0.396 e. The van der Waals surface area contributed by atoms with E-state index in [1.807, 2.05) is 6.07 Å². The van der Waals surface area contributed by atoms with Crippen LogP contribution in [0.1, 0.15) is 31.2 Å². The van der Waals surface area contributed by atoms with E-state index in [2.05, 4.69) is 41.6 Å². The number of aliphatic hydroxyl groups excluding tert-OH is 1. The molecule has 3 aromatic heterocycles. The maximum atomic E-state index is 9.69. The Bertz CT molecular complexity index is 945. The number of nitrogens with zero attached hydrogens (tertiary/aromatic N) is 5. The Morgan fingerprint density at radius 1 is 1.21 bits per heavy atom. The molecule has 0 aliphatic heterocycles. The highest BCUT2D eigenvalue weighted by atomic mass is 79.9. The SMILES string of the molecule is Nc1ncc(CNc2cc(N[C@@H]3CCCC[C@@H]3CO)nc3c(Br)cnn23)cn1. The first-order valence-corrected chi connectivity index (χ1v) is 10.2. The molecule has 0 bridgehead atoms. The van der Waals surface area contributed by atoms with E-state index in [0.717, 1.165) is 46.6 Å². The smallest absolute Gasteiger partial charge is 0.219 e. The van der Waals surface area contributed by atoms with Crippen LogP contribution in [0.5, 0.6) is 0 Å². The molecule has 1 fully saturated rings. The van der Waals surface area contributed by atoms with Gasteiger partial charge in [-0.1, -0.05) is 12.8 Å². The van der Waals surface area contributed by atoms with Crippen molar-refractivity contribution >= 4 is 39.2 Å². The van der Waals surface area contributed by atoms with Gasteiger partial charge in [0.05, 0.1) is 10.7 Å². The predicted octanol–water partition coefficient (Wildman–Crippen LogP) is 2.44. The Hall–Kier alpha value is -2.46. The van der Waals surface area contributed by atoms with Crippen molar-refractivity contribution in [1.82, 2.24) is 24.6 Å². The van der Waals surface area contributed by atoms with E-state index in [-0.39, 0.29) is 24.5 Å². The monoisotopic (exact) mass is 446 g/mol. The van der Waals surface area contributed by atoms with Crippen molar-refractivity contribution in [3.8, 4) is 0 Å². The van der Waals surface area contributed by atoms with Gasteiger partial charge in [0.1, 0.15) is 11.6 Å². The van der Waals surface area contributed by atoms with Gasteiger partial charge in [0, 0.05) is 49.1 Å². The van der Waals surface area contributed by atoms with Crippen LogP contribution in [-0.4, -0.2) is 42.3 Å². The summed E-state index contributed by atoms with van der Waals surface area (Å²) in [5.74, 6) is 2.06. The number of fused-ring (bicyclic) bond motifs is 1. The summed E-state index contributed by atoms with van der Waals surface area (Å²) in [6, 6.07) is 2.15. The van der Waals surface area contributed by atoms with Crippen LogP contribution in [0.25, 0.3) is 5.65 Å². The molecule has 10 heteroatoms. The molecular weight excluding hydrogens is 424 g/mol. The standard InChI is InChI=1S/C18H23BrN8O/c19-13-9-24-27-16(21-6-11-7-22-18(20)23-8-11)5-15(26-17(13)27)25-14-4-2-1-3-12(14)10-28/h5,7-9,12,14,21,28H,1-4,6,10H2,(H,25,26)(H2,20,22,23)/t12-,14-/m1/s1. The average molecular weight is 447 g/mol. The number of aromatic nitrogens is 5. The van der Waals surface area contributed by atoms with Gasteiger partial charge >= 0.3 is 0 Å². The Kier molecular flexibility index (Phi) is 5.58. The molecule has 148 valence electrons. The molecule has 5 N–H and O–H groups in total. The molecule has 1 aliphatic carbocycles. The van der Waals surface area contributed by atoms with Crippen molar-refractivity contribution in [2.75, 3.05) is 23.0 Å². The predicted molar refractivity (Wildman–Crippen MR) is 111 cm³/mol. The highest BCUT2D eigenvalue weighted by Gasteiger charge is 2.25. The van der Waals surface area contributed by atoms with Crippen molar-refractivity contribution < 1.29 is 5.11 Å². The molecule has 4 rings (SSSR count). The number of rotatable bonds is 6. The molecule has 0 aromatic carbocycles. The number of nitrogen functional groups attached to an aromatic ring is 1. The molecule has 28 heavy (non-hydrogen) atoms. The summed E-state index contributed by atoms with van der Waals surface area (Å²) in [6.45, 7) is 0.720. The maximum absolute atomic E-state index is 9.69. The molecule has 2 atom stereocenters. The molecule has 1 saturated carbocycles. The van der Waals surface area contributed by atoms with Gasteiger partial charge < -0.3 is 21.5 Å². The first-order valence-electron chi connectivity index (χ1n) is 9.36. The molecule has 0 spiro atoms. The fourth-order valence-electron chi connectivity index (χ4n) is 3.59. The molecule has 3 heterocycles. The lowest BCUT2D eigenvalue weighted by atomic mass is 9.85. The topological polar surface area (TPSA) is 126 Å². The van der Waals surface area contributed by atoms with Gasteiger partial charge in [0.2, 0.25) is 5.95 Å². The summed E-state index contributed by atoms with van der Waals surface area (Å²) in [7, 11) is 0. The van der Waals surface area contributed by atoms with Crippen molar-refractivity contribution in [2.24, 2.45) is 5.92 Å². The van der Waals surface area contributed by atoms with Crippen LogP contribution in [0.4, 0.5) is 17.6 Å². The molecule has 0 saturated heterocycles. The fraction of sp³-hybridized carbons (Fsp3) is 0.444. The summed E-state index contributed by atoms with van der Waals surface area (Å²) in [5, 5.41) is 21.0. The minimum absolute atomic E-state index is 0.193. The molecule has 9 nitrogen and oxygen atoms in total. The maximum Gasteiger partial charge on any atom is 0.219 e. The molecule has 3 aromatic rings. The van der Waals surface area contributed by atoms with Gasteiger partial charge in [-0.25, -0.2) is 15.0 Å². The van der Waals surface area contributed by atoms with E-state index in [0.29, 0.717) is 6.54 Å². The van der Waals surface area contributed by atoms with Crippen LogP contribution in [0.2, 0.25) is 0 Å². The van der Waals surface area contributed by atoms with E-state index >= 15 is 0 Å². The number of aliphatic hydroxyl groups is 1. The number of nitrogens with two attached hydrogens (primary N) is 1. The quantitative estimate of drug-likeness (QED) is 0.454. The second-order valence-electron chi connectivity index (χ2n) is 7.04. The molecule has 0 unspecified atom stereocenters. The van der Waals surface area contributed by atoms with E-state index in [1.165, 1.54) is 6.42 Å². The second kappa shape index (κ2) is 8.27. The van der Waals surface area contributed by atoms with Crippen molar-refractivity contribution in [1.29, 1.82) is 0 Å². The van der Waals surface area contributed by atoms with Crippen molar-refractivity contribution in [2.45, 2.75) is 38.3 Å². The Morgan fingerprint density at radius 3 is 2.79 bits per heavy atom. The average Bonchev–Trinajstić information content (AvgIpc) is 3.09. The zero-order chi connectivity index (χ0) is 19.5. The van der Waals surface area contributed by atoms with Crippen LogP contribution < -0.4 is 16.4 Å². The number of nitrogens with one attached hydrogen (secondary N) is 2. The lowest BCUT2D eigenvalue weighted by Gasteiger charge is -2.31. The van der Waals surface area contributed by atoms with E-state index in [4.69, 9.17) is 10.7 Å². The van der Waals surface area contributed by atoms with E-state index in [9.17, 15) is 5.11 Å². The summed E-state index contributed by atoms with van der Waals surface area (Å²) in [4.78, 5) is 12.7. The summed E-state index contributed by atoms with van der Waals surface area (Å²) < 4.78 is 2.56. The highest BCUT2D eigenvalue weighted by molar-refractivity contribution is 9.10. The van der Waals surface area contributed by atoms with Crippen LogP contribution in [-0.2, 0) is 6.54 Å². The Labute approximate surface area is 170 Å². The third-order valence-corrected chi connectivity index (χ3v) is 5.66. The molecule has 1 aliphatic rings. The van der Waals surface area contributed by atoms with E-state index < -0.39 is 0 Å². The second-order valence-corrected chi connectivity index (χ2v) is 7.89. The van der Waals surface area contributed by atoms with Crippen LogP contribution in [0.15, 0.2) is 29.1 Å². The summed E-state index contributed by atoms with van der Waals surface area (Å²) in [5.41, 5.74) is 7.18. The highest BCUT2D eigenvalue weighted by Crippen LogP contribution is 2.28. The van der Waals surface area contributed by atoms with Gasteiger partial charge in [-0.05, 0) is 28.8 Å². The number of anilines is 3. The summed E-state index contributed by atoms with van der Waals surface area (Å²) >= 11 is 3.51. The van der Waals surface area contributed by atoms with Crippen LogP contribution in [0, 0.1) is 5.92 Å². The van der Waals surface area contributed by atoms with E-state index in [1.54, 1.807) is 23.1 Å². The summed E-state index contributed by atoms with van der Waals surface area (Å²) in [6.07, 6.45) is 9.51. The number of halogens is 1. The first kappa shape index (κ1) is 18.9. The van der Waals surface area contributed by atoms with Gasteiger partial charge in [-0.2, -0.15) is 9.61 Å². The Balaban J connectivity index is 1.59. The van der Waals surface area contributed by atoms with Gasteiger partial charge in [0.25, 0.3) is 0 Å². The zero-order valence-electron chi connectivity index (χ0n) is 15.3. The third-order valence-electron chi connectivity index (χ3n) is 5.10. The first-order chi connectivity index (χ1) is 13.6. The Morgan fingerprint density at radius 2 is 2.00 bits per heavy atom. The molecule has 0 radical (unpaired) electrons. The van der Waals surface area contributed by atoms with Crippen LogP contribution >= 0.6 is 15.9 Å². The number of hydrogen-bond acceptors (Lipinski definition) is 8. The molecule has 0 amide bonds.